The summed E-state index contributed by atoms with van der Waals surface area (Å²) in [7, 11) is -3.92. The third-order valence-corrected chi connectivity index (χ3v) is 4.62. The van der Waals surface area contributed by atoms with Crippen LogP contribution in [-0.4, -0.2) is 27.5 Å². The summed E-state index contributed by atoms with van der Waals surface area (Å²) in [5.74, 6) is -1.88. The largest absolute Gasteiger partial charge is 0.314 e. The highest BCUT2D eigenvalue weighted by molar-refractivity contribution is 7.89. The zero-order chi connectivity index (χ0) is 13.9. The van der Waals surface area contributed by atoms with E-state index in [1.165, 1.54) is 0 Å². The molecule has 0 bridgehead atoms. The molecule has 1 aliphatic heterocycles. The second-order valence-corrected chi connectivity index (χ2v) is 6.29. The first-order chi connectivity index (χ1) is 8.99. The second kappa shape index (κ2) is 5.94. The van der Waals surface area contributed by atoms with Crippen molar-refractivity contribution in [1.29, 1.82) is 0 Å². The first kappa shape index (κ1) is 14.4. The predicted molar refractivity (Wildman–Crippen MR) is 67.2 cm³/mol. The summed E-state index contributed by atoms with van der Waals surface area (Å²) in [5, 5.41) is 3.24. The van der Waals surface area contributed by atoms with Gasteiger partial charge in [0.05, 0.1) is 0 Å². The van der Waals surface area contributed by atoms with Crippen molar-refractivity contribution in [3.05, 3.63) is 29.8 Å². The highest BCUT2D eigenvalue weighted by atomic mass is 32.2. The molecule has 7 heteroatoms. The summed E-state index contributed by atoms with van der Waals surface area (Å²) >= 11 is 0. The number of hydrogen-bond acceptors (Lipinski definition) is 3. The maximum atomic E-state index is 13.4. The first-order valence-electron chi connectivity index (χ1n) is 6.17. The van der Waals surface area contributed by atoms with Gasteiger partial charge in [0.15, 0.2) is 0 Å². The molecule has 1 fully saturated rings. The monoisotopic (exact) mass is 290 g/mol. The summed E-state index contributed by atoms with van der Waals surface area (Å²) in [4.78, 5) is -0.520. The van der Waals surface area contributed by atoms with Gasteiger partial charge < -0.3 is 5.32 Å². The third kappa shape index (κ3) is 3.71. The van der Waals surface area contributed by atoms with Crippen LogP contribution in [0.3, 0.4) is 0 Å². The van der Waals surface area contributed by atoms with Crippen LogP contribution in [0.25, 0.3) is 0 Å². The van der Waals surface area contributed by atoms with Gasteiger partial charge in [0.2, 0.25) is 10.0 Å². The summed E-state index contributed by atoms with van der Waals surface area (Å²) in [5.41, 5.74) is 0. The van der Waals surface area contributed by atoms with Gasteiger partial charge in [-0.1, -0.05) is 0 Å². The zero-order valence-electron chi connectivity index (χ0n) is 10.3. The van der Waals surface area contributed by atoms with E-state index in [0.717, 1.165) is 31.5 Å². The van der Waals surface area contributed by atoms with E-state index in [2.05, 4.69) is 10.0 Å². The summed E-state index contributed by atoms with van der Waals surface area (Å²) in [6.45, 7) is 1.18. The molecule has 0 amide bonds. The lowest BCUT2D eigenvalue weighted by Crippen LogP contribution is -2.31. The topological polar surface area (TPSA) is 58.2 Å². The Labute approximate surface area is 111 Å². The molecular weight excluding hydrogens is 274 g/mol. The number of sulfonamides is 1. The SMILES string of the molecule is O=S(=O)(NCCC1CCCN1)c1ccc(F)cc1F. The van der Waals surface area contributed by atoms with E-state index in [1.54, 1.807) is 0 Å². The molecule has 1 atom stereocenters. The predicted octanol–water partition coefficient (Wildman–Crippen LogP) is 1.39. The number of hydrogen-bond donors (Lipinski definition) is 2. The molecular formula is C12H16F2N2O2S. The molecule has 2 rings (SSSR count). The van der Waals surface area contributed by atoms with Crippen LogP contribution in [0.1, 0.15) is 19.3 Å². The Balaban J connectivity index is 1.97. The molecule has 2 N–H and O–H groups in total. The van der Waals surface area contributed by atoms with E-state index in [1.807, 2.05) is 0 Å². The van der Waals surface area contributed by atoms with Gasteiger partial charge in [0.25, 0.3) is 0 Å². The number of halogens is 2. The van der Waals surface area contributed by atoms with Gasteiger partial charge in [0.1, 0.15) is 16.5 Å². The van der Waals surface area contributed by atoms with Crippen molar-refractivity contribution in [3.63, 3.8) is 0 Å². The lowest BCUT2D eigenvalue weighted by atomic mass is 10.2. The fraction of sp³-hybridized carbons (Fsp3) is 0.500. The van der Waals surface area contributed by atoms with E-state index in [0.29, 0.717) is 18.5 Å². The van der Waals surface area contributed by atoms with Gasteiger partial charge in [-0.15, -0.1) is 0 Å². The van der Waals surface area contributed by atoms with E-state index in [9.17, 15) is 17.2 Å². The van der Waals surface area contributed by atoms with E-state index in [4.69, 9.17) is 0 Å². The molecule has 4 nitrogen and oxygen atoms in total. The van der Waals surface area contributed by atoms with Crippen LogP contribution >= 0.6 is 0 Å². The van der Waals surface area contributed by atoms with E-state index < -0.39 is 26.6 Å². The third-order valence-electron chi connectivity index (χ3n) is 3.13. The Morgan fingerprint density at radius 1 is 1.37 bits per heavy atom. The quantitative estimate of drug-likeness (QED) is 0.861. The summed E-state index contributed by atoms with van der Waals surface area (Å²) < 4.78 is 52.2. The van der Waals surface area contributed by atoms with E-state index in [-0.39, 0.29) is 6.54 Å². The average Bonchev–Trinajstić information content (AvgIpc) is 2.81. The number of rotatable bonds is 5. The smallest absolute Gasteiger partial charge is 0.243 e. The van der Waals surface area contributed by atoms with Crippen molar-refractivity contribution >= 4 is 10.0 Å². The lowest BCUT2D eigenvalue weighted by Gasteiger charge is -2.11. The van der Waals surface area contributed by atoms with Gasteiger partial charge in [0, 0.05) is 18.7 Å². The van der Waals surface area contributed by atoms with Crippen molar-refractivity contribution in [2.45, 2.75) is 30.2 Å². The standard InChI is InChI=1S/C12H16F2N2O2S/c13-9-3-4-12(11(14)8-9)19(17,18)16-7-5-10-2-1-6-15-10/h3-4,8,10,15-16H,1-2,5-7H2. The maximum absolute atomic E-state index is 13.4. The first-order valence-corrected chi connectivity index (χ1v) is 7.65. The van der Waals surface area contributed by atoms with Gasteiger partial charge >= 0.3 is 0 Å². The van der Waals surface area contributed by atoms with Gasteiger partial charge in [-0.3, -0.25) is 0 Å². The van der Waals surface area contributed by atoms with Crippen LogP contribution in [0.2, 0.25) is 0 Å². The van der Waals surface area contributed by atoms with Crippen molar-refractivity contribution in [1.82, 2.24) is 10.0 Å². The Morgan fingerprint density at radius 3 is 2.79 bits per heavy atom. The van der Waals surface area contributed by atoms with Gasteiger partial charge in [-0.05, 0) is 37.9 Å². The molecule has 0 spiro atoms. The van der Waals surface area contributed by atoms with Crippen molar-refractivity contribution in [3.8, 4) is 0 Å². The molecule has 1 aromatic rings. The molecule has 0 saturated carbocycles. The Hall–Kier alpha value is -1.05. The maximum Gasteiger partial charge on any atom is 0.243 e. The molecule has 1 heterocycles. The minimum atomic E-state index is -3.92. The number of benzene rings is 1. The summed E-state index contributed by atoms with van der Waals surface area (Å²) in [6, 6.07) is 2.73. The minimum absolute atomic E-state index is 0.233. The Morgan fingerprint density at radius 2 is 2.16 bits per heavy atom. The Bertz CT molecular complexity index is 543. The molecule has 0 radical (unpaired) electrons. The molecule has 106 valence electrons. The zero-order valence-corrected chi connectivity index (χ0v) is 11.1. The van der Waals surface area contributed by atoms with Crippen molar-refractivity contribution in [2.75, 3.05) is 13.1 Å². The van der Waals surface area contributed by atoms with Crippen LogP contribution in [0.4, 0.5) is 8.78 Å². The second-order valence-electron chi connectivity index (χ2n) is 4.55. The van der Waals surface area contributed by atoms with Crippen LogP contribution < -0.4 is 10.0 Å². The van der Waals surface area contributed by atoms with Gasteiger partial charge in [-0.25, -0.2) is 21.9 Å². The van der Waals surface area contributed by atoms with Crippen molar-refractivity contribution in [2.24, 2.45) is 0 Å². The normalized spacial score (nSPS) is 19.8. The van der Waals surface area contributed by atoms with E-state index >= 15 is 0 Å². The number of nitrogens with one attached hydrogen (secondary N) is 2. The lowest BCUT2D eigenvalue weighted by molar-refractivity contribution is 0.528. The van der Waals surface area contributed by atoms with Crippen molar-refractivity contribution < 1.29 is 17.2 Å². The fourth-order valence-electron chi connectivity index (χ4n) is 2.14. The van der Waals surface area contributed by atoms with Crippen LogP contribution in [-0.2, 0) is 10.0 Å². The molecule has 1 saturated heterocycles. The minimum Gasteiger partial charge on any atom is -0.314 e. The molecule has 0 aromatic heterocycles. The molecule has 19 heavy (non-hydrogen) atoms. The molecule has 0 aliphatic carbocycles. The highest BCUT2D eigenvalue weighted by Crippen LogP contribution is 2.15. The van der Waals surface area contributed by atoms with Crippen LogP contribution in [0.15, 0.2) is 23.1 Å². The summed E-state index contributed by atoms with van der Waals surface area (Å²) in [6.07, 6.45) is 2.76. The van der Waals surface area contributed by atoms with Gasteiger partial charge in [-0.2, -0.15) is 0 Å². The average molecular weight is 290 g/mol. The Kier molecular flexibility index (Phi) is 4.49. The van der Waals surface area contributed by atoms with Crippen LogP contribution in [0.5, 0.6) is 0 Å². The van der Waals surface area contributed by atoms with Crippen LogP contribution in [0, 0.1) is 11.6 Å². The highest BCUT2D eigenvalue weighted by Gasteiger charge is 2.20. The molecule has 1 unspecified atom stereocenters. The fourth-order valence-corrected chi connectivity index (χ4v) is 3.25. The molecule has 1 aromatic carbocycles. The molecule has 1 aliphatic rings.